The highest BCUT2D eigenvalue weighted by atomic mass is 32.2. The number of nitrogens with one attached hydrogen (secondary N) is 1. The van der Waals surface area contributed by atoms with E-state index in [0.29, 0.717) is 25.1 Å². The fourth-order valence-electron chi connectivity index (χ4n) is 1.98. The van der Waals surface area contributed by atoms with E-state index in [1.54, 1.807) is 6.92 Å². The molecule has 124 valence electrons. The van der Waals surface area contributed by atoms with Crippen LogP contribution in [0.25, 0.3) is 0 Å². The molecule has 0 rings (SSSR count). The van der Waals surface area contributed by atoms with E-state index in [2.05, 4.69) is 12.2 Å². The normalized spacial score (nSPS) is 13.7. The lowest BCUT2D eigenvalue weighted by Gasteiger charge is -2.16. The third kappa shape index (κ3) is 10.8. The summed E-state index contributed by atoms with van der Waals surface area (Å²) < 4.78 is 0. The second-order valence-corrected chi connectivity index (χ2v) is 6.57. The molecule has 0 radical (unpaired) electrons. The summed E-state index contributed by atoms with van der Waals surface area (Å²) in [6.07, 6.45) is 5.93. The van der Waals surface area contributed by atoms with Crippen molar-refractivity contribution in [2.45, 2.75) is 71.8 Å². The molecule has 0 spiro atoms. The Labute approximate surface area is 133 Å². The monoisotopic (exact) mass is 317 g/mol. The Hall–Kier alpha value is -0.550. The Kier molecular flexibility index (Phi) is 12.8. The van der Waals surface area contributed by atoms with Crippen LogP contribution in [0.3, 0.4) is 0 Å². The maximum absolute atomic E-state index is 11.8. The van der Waals surface area contributed by atoms with Gasteiger partial charge in [0.2, 0.25) is 5.91 Å². The number of rotatable bonds is 12. The summed E-state index contributed by atoms with van der Waals surface area (Å²) in [6, 6.07) is 0. The summed E-state index contributed by atoms with van der Waals surface area (Å²) in [5, 5.41) is 12.6. The summed E-state index contributed by atoms with van der Waals surface area (Å²) in [6.45, 7) is 6.41. The molecule has 0 saturated heterocycles. The number of unbranched alkanes of at least 4 members (excludes halogenated alkanes) is 3. The zero-order valence-electron chi connectivity index (χ0n) is 13.7. The molecule has 2 N–H and O–H groups in total. The molecule has 0 saturated carbocycles. The number of amides is 1. The Balaban J connectivity index is 3.65. The molecule has 0 heterocycles. The van der Waals surface area contributed by atoms with Gasteiger partial charge in [0, 0.05) is 18.7 Å². The first-order chi connectivity index (χ1) is 10.0. The van der Waals surface area contributed by atoms with Crippen LogP contribution >= 0.6 is 11.8 Å². The highest BCUT2D eigenvalue weighted by Crippen LogP contribution is 2.17. The van der Waals surface area contributed by atoms with Gasteiger partial charge in [-0.15, -0.1) is 0 Å². The summed E-state index contributed by atoms with van der Waals surface area (Å²) >= 11 is 1.20. The van der Waals surface area contributed by atoms with Crippen LogP contribution < -0.4 is 5.32 Å². The van der Waals surface area contributed by atoms with Gasteiger partial charge >= 0.3 is 0 Å². The van der Waals surface area contributed by atoms with Crippen LogP contribution in [0.1, 0.15) is 65.7 Å². The molecule has 0 aromatic rings. The van der Waals surface area contributed by atoms with Crippen LogP contribution in [0.15, 0.2) is 0 Å². The Morgan fingerprint density at radius 2 is 1.86 bits per heavy atom. The lowest BCUT2D eigenvalue weighted by Crippen LogP contribution is -2.27. The fourth-order valence-corrected chi connectivity index (χ4v) is 2.80. The van der Waals surface area contributed by atoms with E-state index in [-0.39, 0.29) is 16.9 Å². The minimum Gasteiger partial charge on any atom is -0.392 e. The van der Waals surface area contributed by atoms with Gasteiger partial charge in [0.1, 0.15) is 0 Å². The second kappa shape index (κ2) is 13.1. The van der Waals surface area contributed by atoms with Gasteiger partial charge in [0.25, 0.3) is 0 Å². The van der Waals surface area contributed by atoms with Gasteiger partial charge in [-0.1, -0.05) is 58.2 Å². The van der Waals surface area contributed by atoms with Crippen LogP contribution in [-0.2, 0) is 9.59 Å². The fraction of sp³-hybridized carbons (Fsp3) is 0.875. The first-order valence-corrected chi connectivity index (χ1v) is 9.12. The molecule has 0 bridgehead atoms. The van der Waals surface area contributed by atoms with Crippen molar-refractivity contribution in [3.63, 3.8) is 0 Å². The van der Waals surface area contributed by atoms with E-state index in [1.165, 1.54) is 24.6 Å². The summed E-state index contributed by atoms with van der Waals surface area (Å²) in [4.78, 5) is 23.4. The predicted molar refractivity (Wildman–Crippen MR) is 89.3 cm³/mol. The minimum absolute atomic E-state index is 0.00754. The Bertz CT molecular complexity index is 297. The van der Waals surface area contributed by atoms with E-state index in [0.717, 1.165) is 19.3 Å². The third-order valence-electron chi connectivity index (χ3n) is 3.46. The van der Waals surface area contributed by atoms with Crippen LogP contribution in [-0.4, -0.2) is 34.5 Å². The maximum atomic E-state index is 11.8. The van der Waals surface area contributed by atoms with Crippen LogP contribution in [0.4, 0.5) is 0 Å². The van der Waals surface area contributed by atoms with Crippen molar-refractivity contribution in [3.05, 3.63) is 0 Å². The summed E-state index contributed by atoms with van der Waals surface area (Å²) in [5.41, 5.74) is 0. The number of carbonyl (C=O) groups is 2. The number of hydrogen-bond donors (Lipinski definition) is 2. The molecule has 0 aromatic carbocycles. The standard InChI is InChI=1S/C16H31NO3S/c1-4-6-7-8-10-15(19)17-11-12-21-16(20)13(3)14(18)9-5-2/h13-14,18H,4-12H2,1-3H3,(H,17,19)/t13-,14+/m0/s1. The van der Waals surface area contributed by atoms with Crippen molar-refractivity contribution in [1.29, 1.82) is 0 Å². The minimum atomic E-state index is -0.553. The van der Waals surface area contributed by atoms with Gasteiger partial charge in [0.05, 0.1) is 12.0 Å². The van der Waals surface area contributed by atoms with Crippen LogP contribution in [0.2, 0.25) is 0 Å². The summed E-state index contributed by atoms with van der Waals surface area (Å²) in [7, 11) is 0. The third-order valence-corrected chi connectivity index (χ3v) is 4.52. The first kappa shape index (κ1) is 20.5. The molecule has 21 heavy (non-hydrogen) atoms. The van der Waals surface area contributed by atoms with Gasteiger partial charge in [-0.25, -0.2) is 0 Å². The molecule has 0 fully saturated rings. The topological polar surface area (TPSA) is 66.4 Å². The molecular weight excluding hydrogens is 286 g/mol. The first-order valence-electron chi connectivity index (χ1n) is 8.14. The number of thioether (sulfide) groups is 1. The van der Waals surface area contributed by atoms with E-state index in [1.807, 2.05) is 6.92 Å². The molecular formula is C16H31NO3S. The highest BCUT2D eigenvalue weighted by molar-refractivity contribution is 8.13. The van der Waals surface area contributed by atoms with Crippen molar-refractivity contribution in [3.8, 4) is 0 Å². The lowest BCUT2D eigenvalue weighted by molar-refractivity contribution is -0.121. The Morgan fingerprint density at radius 1 is 1.14 bits per heavy atom. The average Bonchev–Trinajstić information content (AvgIpc) is 2.47. The van der Waals surface area contributed by atoms with Crippen LogP contribution in [0, 0.1) is 5.92 Å². The smallest absolute Gasteiger partial charge is 0.220 e. The van der Waals surface area contributed by atoms with Gasteiger partial charge < -0.3 is 10.4 Å². The van der Waals surface area contributed by atoms with E-state index in [4.69, 9.17) is 0 Å². The molecule has 0 aliphatic carbocycles. The molecule has 4 nitrogen and oxygen atoms in total. The van der Waals surface area contributed by atoms with Gasteiger partial charge in [-0.2, -0.15) is 0 Å². The number of aliphatic hydroxyl groups excluding tert-OH is 1. The van der Waals surface area contributed by atoms with Gasteiger partial charge in [0.15, 0.2) is 5.12 Å². The van der Waals surface area contributed by atoms with Crippen molar-refractivity contribution >= 4 is 22.8 Å². The van der Waals surface area contributed by atoms with Crippen molar-refractivity contribution in [2.24, 2.45) is 5.92 Å². The molecule has 0 aliphatic heterocycles. The average molecular weight is 317 g/mol. The zero-order chi connectivity index (χ0) is 16.1. The molecule has 0 unspecified atom stereocenters. The van der Waals surface area contributed by atoms with E-state index < -0.39 is 6.10 Å². The predicted octanol–water partition coefficient (Wildman–Crippen LogP) is 3.13. The lowest BCUT2D eigenvalue weighted by atomic mass is 10.0. The van der Waals surface area contributed by atoms with Crippen molar-refractivity contribution in [1.82, 2.24) is 5.32 Å². The number of hydrogen-bond acceptors (Lipinski definition) is 4. The van der Waals surface area contributed by atoms with Crippen molar-refractivity contribution < 1.29 is 14.7 Å². The van der Waals surface area contributed by atoms with E-state index in [9.17, 15) is 14.7 Å². The maximum Gasteiger partial charge on any atom is 0.220 e. The molecule has 5 heteroatoms. The summed E-state index contributed by atoms with van der Waals surface area (Å²) in [5.74, 6) is 0.306. The number of aliphatic hydroxyl groups is 1. The van der Waals surface area contributed by atoms with Crippen molar-refractivity contribution in [2.75, 3.05) is 12.3 Å². The molecule has 2 atom stereocenters. The van der Waals surface area contributed by atoms with Crippen LogP contribution in [0.5, 0.6) is 0 Å². The second-order valence-electron chi connectivity index (χ2n) is 5.47. The molecule has 0 aromatic heterocycles. The highest BCUT2D eigenvalue weighted by Gasteiger charge is 2.21. The van der Waals surface area contributed by atoms with E-state index >= 15 is 0 Å². The SMILES string of the molecule is CCCCCCC(=O)NCCSC(=O)[C@@H](C)[C@H](O)CCC. The largest absolute Gasteiger partial charge is 0.392 e. The molecule has 1 amide bonds. The van der Waals surface area contributed by atoms with Gasteiger partial charge in [-0.05, 0) is 12.8 Å². The number of carbonyl (C=O) groups excluding carboxylic acids is 2. The molecule has 0 aliphatic rings. The van der Waals surface area contributed by atoms with Gasteiger partial charge in [-0.3, -0.25) is 9.59 Å². The Morgan fingerprint density at radius 3 is 2.48 bits per heavy atom. The zero-order valence-corrected chi connectivity index (χ0v) is 14.5. The quantitative estimate of drug-likeness (QED) is 0.543.